The van der Waals surface area contributed by atoms with E-state index in [1.807, 2.05) is 16.4 Å². The predicted molar refractivity (Wildman–Crippen MR) is 133 cm³/mol. The van der Waals surface area contributed by atoms with Gasteiger partial charge < -0.3 is 10.0 Å². The average Bonchev–Trinajstić information content (AvgIpc) is 3.28. The quantitative estimate of drug-likeness (QED) is 0.255. The molecule has 5 unspecified atom stereocenters. The molecule has 190 valence electrons. The average molecular weight is 490 g/mol. The fourth-order valence-electron chi connectivity index (χ4n) is 9.99. The topological polar surface area (TPSA) is 93.1 Å². The van der Waals surface area contributed by atoms with E-state index in [9.17, 15) is 14.7 Å². The highest BCUT2D eigenvalue weighted by Crippen LogP contribution is 2.75. The van der Waals surface area contributed by atoms with Crippen molar-refractivity contribution in [2.75, 3.05) is 13.1 Å². The minimum Gasteiger partial charge on any atom is -0.508 e. The molecule has 4 aliphatic carbocycles. The van der Waals surface area contributed by atoms with Gasteiger partial charge in [0.1, 0.15) is 12.0 Å². The Morgan fingerprint density at radius 1 is 1.19 bits per heavy atom. The van der Waals surface area contributed by atoms with Gasteiger partial charge in [-0.05, 0) is 104 Å². The van der Waals surface area contributed by atoms with Gasteiger partial charge in [0.25, 0.3) is 5.91 Å². The van der Waals surface area contributed by atoms with E-state index in [2.05, 4.69) is 17.0 Å². The standard InChI is InChI=1S/C29H35N3O4/c33-13-8-18(7-11-30-36)27(35)32-17-20-16-28-9-6-24(32)26(20)29(28)10-12-31(21-2-1-3-21)25(28)14-19-4-5-22(34)15-23(19)29/h4-5,7-8,11,13,15,20-21,24-26,30,34,36H,1-3,6,9-10,12,14,16-17H2/b11-7-,18-8+/t20-,24?,25?,26?,28?,29?/m1/s1. The summed E-state index contributed by atoms with van der Waals surface area (Å²) in [4.78, 5) is 29.8. The third kappa shape index (κ3) is 2.71. The number of carbonyl (C=O) groups excluding carboxylic acids is 2. The molecule has 2 saturated heterocycles. The van der Waals surface area contributed by atoms with Gasteiger partial charge >= 0.3 is 0 Å². The van der Waals surface area contributed by atoms with Crippen molar-refractivity contribution < 1.29 is 19.9 Å². The Balaban J connectivity index is 1.32. The zero-order valence-corrected chi connectivity index (χ0v) is 20.6. The van der Waals surface area contributed by atoms with Gasteiger partial charge in [0.15, 0.2) is 0 Å². The molecule has 0 aromatic heterocycles. The second kappa shape index (κ2) is 7.93. The van der Waals surface area contributed by atoms with Crippen molar-refractivity contribution in [2.24, 2.45) is 17.3 Å². The molecule has 7 nitrogen and oxygen atoms in total. The van der Waals surface area contributed by atoms with Gasteiger partial charge in [-0.1, -0.05) is 12.5 Å². The van der Waals surface area contributed by atoms with Crippen LogP contribution in [0.5, 0.6) is 5.75 Å². The molecule has 36 heavy (non-hydrogen) atoms. The molecule has 1 aromatic rings. The molecule has 6 atom stereocenters. The number of aromatic hydroxyl groups is 1. The first-order valence-electron chi connectivity index (χ1n) is 13.6. The van der Waals surface area contributed by atoms with E-state index in [1.54, 1.807) is 0 Å². The van der Waals surface area contributed by atoms with Crippen molar-refractivity contribution in [1.82, 2.24) is 15.3 Å². The maximum atomic E-state index is 13.7. The summed E-state index contributed by atoms with van der Waals surface area (Å²) in [6.45, 7) is 1.83. The molecule has 3 N–H and O–H groups in total. The molecular weight excluding hydrogens is 454 g/mol. The summed E-state index contributed by atoms with van der Waals surface area (Å²) in [6, 6.07) is 7.47. The summed E-state index contributed by atoms with van der Waals surface area (Å²) in [5, 5.41) is 19.6. The maximum absolute atomic E-state index is 13.7. The lowest BCUT2D eigenvalue weighted by Gasteiger charge is -2.68. The molecular formula is C29H35N3O4. The molecule has 5 fully saturated rings. The zero-order chi connectivity index (χ0) is 24.7. The number of allylic oxidation sites excluding steroid dienone is 1. The fraction of sp³-hybridized carbons (Fsp3) is 0.586. The van der Waals surface area contributed by atoms with Crippen LogP contribution in [0, 0.1) is 17.3 Å². The highest BCUT2D eigenvalue weighted by molar-refractivity contribution is 5.99. The van der Waals surface area contributed by atoms with Crippen molar-refractivity contribution in [2.45, 2.75) is 74.9 Å². The number of fused-ring (bicyclic) bond motifs is 1. The highest BCUT2D eigenvalue weighted by Gasteiger charge is 2.76. The van der Waals surface area contributed by atoms with Crippen LogP contribution in [-0.2, 0) is 21.4 Å². The van der Waals surface area contributed by atoms with Crippen LogP contribution in [0.3, 0.4) is 0 Å². The maximum Gasteiger partial charge on any atom is 0.254 e. The second-order valence-electron chi connectivity index (χ2n) is 12.0. The van der Waals surface area contributed by atoms with Crippen molar-refractivity contribution in [3.05, 3.63) is 53.3 Å². The number of aldehydes is 1. The molecule has 0 spiro atoms. The summed E-state index contributed by atoms with van der Waals surface area (Å²) in [5.74, 6) is 1.02. The van der Waals surface area contributed by atoms with Gasteiger partial charge in [0, 0.05) is 41.9 Å². The summed E-state index contributed by atoms with van der Waals surface area (Å²) >= 11 is 0. The van der Waals surface area contributed by atoms with Crippen LogP contribution < -0.4 is 5.48 Å². The molecule has 2 heterocycles. The van der Waals surface area contributed by atoms with Crippen molar-refractivity contribution >= 4 is 12.2 Å². The second-order valence-corrected chi connectivity index (χ2v) is 12.0. The number of rotatable bonds is 5. The van der Waals surface area contributed by atoms with E-state index in [0.29, 0.717) is 35.5 Å². The Morgan fingerprint density at radius 2 is 2.06 bits per heavy atom. The molecule has 3 saturated carbocycles. The number of hydrogen-bond acceptors (Lipinski definition) is 6. The number of carbonyl (C=O) groups is 2. The van der Waals surface area contributed by atoms with Crippen molar-refractivity contribution in [3.63, 3.8) is 0 Å². The summed E-state index contributed by atoms with van der Waals surface area (Å²) < 4.78 is 0. The van der Waals surface area contributed by atoms with Gasteiger partial charge in [-0.15, -0.1) is 0 Å². The number of phenolic OH excluding ortho intramolecular Hbond substituents is 1. The van der Waals surface area contributed by atoms with Crippen LogP contribution in [0.1, 0.15) is 56.1 Å². The molecule has 7 heteroatoms. The number of nitrogens with zero attached hydrogens (tertiary/aromatic N) is 2. The van der Waals surface area contributed by atoms with Crippen LogP contribution in [0.4, 0.5) is 0 Å². The number of likely N-dealkylation sites (tertiary alicyclic amines) is 2. The zero-order valence-electron chi connectivity index (χ0n) is 20.6. The number of nitrogens with one attached hydrogen (secondary N) is 1. The molecule has 2 aliphatic heterocycles. The Bertz CT molecular complexity index is 1180. The van der Waals surface area contributed by atoms with E-state index in [-0.39, 0.29) is 22.8 Å². The lowest BCUT2D eigenvalue weighted by Crippen LogP contribution is -2.71. The molecule has 0 radical (unpaired) electrons. The third-order valence-corrected chi connectivity index (χ3v) is 11.2. The Kier molecular flexibility index (Phi) is 4.97. The molecule has 6 aliphatic rings. The molecule has 1 amide bonds. The number of amides is 1. The SMILES string of the molecule is O=C/C=C(\C=C/NO)C(=O)N1C[C@H]2CC34CCC1C2C31CCN(C2CCC2)C4Cc2ccc(O)cc21. The largest absolute Gasteiger partial charge is 0.508 e. The number of piperidine rings is 1. The Morgan fingerprint density at radius 3 is 2.81 bits per heavy atom. The number of hydrogen-bond donors (Lipinski definition) is 3. The number of benzene rings is 1. The number of phenols is 1. The van der Waals surface area contributed by atoms with Crippen LogP contribution in [0.2, 0.25) is 0 Å². The van der Waals surface area contributed by atoms with Gasteiger partial charge in [0.05, 0.1) is 0 Å². The van der Waals surface area contributed by atoms with E-state index < -0.39 is 0 Å². The smallest absolute Gasteiger partial charge is 0.254 e. The van der Waals surface area contributed by atoms with Gasteiger partial charge in [-0.3, -0.25) is 25.2 Å². The third-order valence-electron chi connectivity index (χ3n) is 11.2. The van der Waals surface area contributed by atoms with Gasteiger partial charge in [0.2, 0.25) is 0 Å². The van der Waals surface area contributed by atoms with E-state index in [1.165, 1.54) is 48.7 Å². The Labute approximate surface area is 211 Å². The van der Waals surface area contributed by atoms with E-state index >= 15 is 0 Å². The molecule has 4 bridgehead atoms. The van der Waals surface area contributed by atoms with Crippen LogP contribution in [0.15, 0.2) is 42.1 Å². The normalized spacial score (nSPS) is 39.0. The fourth-order valence-corrected chi connectivity index (χ4v) is 9.99. The van der Waals surface area contributed by atoms with E-state index in [4.69, 9.17) is 5.21 Å². The highest BCUT2D eigenvalue weighted by atomic mass is 16.5. The van der Waals surface area contributed by atoms with Crippen LogP contribution >= 0.6 is 0 Å². The molecule has 1 aromatic carbocycles. The van der Waals surface area contributed by atoms with Crippen LogP contribution in [-0.4, -0.2) is 63.5 Å². The summed E-state index contributed by atoms with van der Waals surface area (Å²) in [5.41, 5.74) is 5.18. The first-order valence-corrected chi connectivity index (χ1v) is 13.6. The minimum atomic E-state index is -0.132. The first-order chi connectivity index (χ1) is 17.5. The van der Waals surface area contributed by atoms with E-state index in [0.717, 1.165) is 51.2 Å². The lowest BCUT2D eigenvalue weighted by molar-refractivity contribution is -0.140. The van der Waals surface area contributed by atoms with Gasteiger partial charge in [-0.2, -0.15) is 0 Å². The monoisotopic (exact) mass is 489 g/mol. The van der Waals surface area contributed by atoms with Crippen molar-refractivity contribution in [1.29, 1.82) is 0 Å². The first kappa shape index (κ1) is 22.5. The lowest BCUT2D eigenvalue weighted by atomic mass is 9.43. The predicted octanol–water partition coefficient (Wildman–Crippen LogP) is 3.06. The van der Waals surface area contributed by atoms with Crippen molar-refractivity contribution in [3.8, 4) is 5.75 Å². The van der Waals surface area contributed by atoms with Crippen LogP contribution in [0.25, 0.3) is 0 Å². The summed E-state index contributed by atoms with van der Waals surface area (Å²) in [6.07, 6.45) is 14.1. The number of hydroxylamine groups is 1. The summed E-state index contributed by atoms with van der Waals surface area (Å²) in [7, 11) is 0. The minimum absolute atomic E-state index is 0.0100. The molecule has 7 rings (SSSR count). The Hall–Kier alpha value is -2.64. The van der Waals surface area contributed by atoms with Gasteiger partial charge in [-0.25, -0.2) is 0 Å².